The molecular weight excluding hydrogens is 302 g/mol. The number of aryl methyl sites for hydroxylation is 1. The Hall–Kier alpha value is -2.79. The first-order valence-corrected chi connectivity index (χ1v) is 7.33. The fraction of sp³-hybridized carbons (Fsp3) is 0.214. The number of aromatic nitrogens is 4. The zero-order valence-corrected chi connectivity index (χ0v) is 12.7. The first kappa shape index (κ1) is 14.2. The summed E-state index contributed by atoms with van der Waals surface area (Å²) in [5.41, 5.74) is 0.842. The highest BCUT2D eigenvalue weighted by molar-refractivity contribution is 7.13. The Bertz CT molecular complexity index is 918. The minimum Gasteiger partial charge on any atom is -0.337 e. The topological polar surface area (TPSA) is 97.6 Å². The predicted octanol–water partition coefficient (Wildman–Crippen LogP) is 1.89. The summed E-state index contributed by atoms with van der Waals surface area (Å²) in [4.78, 5) is 17.3. The maximum Gasteiger partial charge on any atom is 0.285 e. The normalized spacial score (nSPS) is 10.6. The van der Waals surface area contributed by atoms with Crippen LogP contribution in [0.2, 0.25) is 0 Å². The highest BCUT2D eigenvalue weighted by Gasteiger charge is 2.15. The van der Waals surface area contributed by atoms with Gasteiger partial charge in [0, 0.05) is 0 Å². The molecule has 3 aromatic rings. The summed E-state index contributed by atoms with van der Waals surface area (Å²) in [5, 5.41) is 19.1. The van der Waals surface area contributed by atoms with Gasteiger partial charge in [-0.05, 0) is 30.9 Å². The molecule has 3 rings (SSSR count). The van der Waals surface area contributed by atoms with E-state index in [0.29, 0.717) is 17.1 Å². The average Bonchev–Trinajstić information content (AvgIpc) is 3.16. The second-order valence-electron chi connectivity index (χ2n) is 4.65. The van der Waals surface area contributed by atoms with Crippen molar-refractivity contribution in [3.05, 3.63) is 50.6 Å². The Labute approximate surface area is 129 Å². The molecule has 0 saturated carbocycles. The second-order valence-corrected chi connectivity index (χ2v) is 5.60. The van der Waals surface area contributed by atoms with Crippen LogP contribution in [-0.4, -0.2) is 19.9 Å². The Morgan fingerprint density at radius 3 is 2.95 bits per heavy atom. The highest BCUT2D eigenvalue weighted by atomic mass is 32.1. The SMILES string of the molecule is Cc1nn(Cc2nc(-c3cccs3)no2)c(=O)c(C#N)c1C. The van der Waals surface area contributed by atoms with Crippen LogP contribution in [0.5, 0.6) is 0 Å². The summed E-state index contributed by atoms with van der Waals surface area (Å²) in [6.45, 7) is 3.48. The van der Waals surface area contributed by atoms with Crippen molar-refractivity contribution in [3.8, 4) is 16.8 Å². The zero-order chi connectivity index (χ0) is 15.7. The number of thiophene rings is 1. The maximum absolute atomic E-state index is 12.2. The van der Waals surface area contributed by atoms with E-state index in [1.807, 2.05) is 23.6 Å². The van der Waals surface area contributed by atoms with Gasteiger partial charge >= 0.3 is 0 Å². The summed E-state index contributed by atoms with van der Waals surface area (Å²) < 4.78 is 6.33. The van der Waals surface area contributed by atoms with Gasteiger partial charge in [0.15, 0.2) is 0 Å². The third-order valence-electron chi connectivity index (χ3n) is 3.24. The molecule has 0 aromatic carbocycles. The minimum atomic E-state index is -0.457. The molecule has 0 saturated heterocycles. The Morgan fingerprint density at radius 2 is 2.27 bits per heavy atom. The molecule has 3 heterocycles. The molecule has 0 fully saturated rings. The van der Waals surface area contributed by atoms with Crippen LogP contribution < -0.4 is 5.56 Å². The molecule has 0 bridgehead atoms. The summed E-state index contributed by atoms with van der Waals surface area (Å²) in [6.07, 6.45) is 0. The van der Waals surface area contributed by atoms with Crippen molar-refractivity contribution in [2.24, 2.45) is 0 Å². The van der Waals surface area contributed by atoms with E-state index in [1.54, 1.807) is 13.8 Å². The standard InChI is InChI=1S/C14H11N5O2S/c1-8-9(2)17-19(14(20)10(8)6-15)7-12-16-13(18-21-12)11-4-3-5-22-11/h3-5H,7H2,1-2H3. The molecular formula is C14H11N5O2S. The van der Waals surface area contributed by atoms with Gasteiger partial charge in [-0.1, -0.05) is 11.2 Å². The quantitative estimate of drug-likeness (QED) is 0.732. The first-order chi connectivity index (χ1) is 10.6. The molecule has 0 radical (unpaired) electrons. The molecule has 22 heavy (non-hydrogen) atoms. The lowest BCUT2D eigenvalue weighted by Crippen LogP contribution is -2.28. The van der Waals surface area contributed by atoms with E-state index in [9.17, 15) is 4.79 Å². The van der Waals surface area contributed by atoms with Crippen LogP contribution in [0.3, 0.4) is 0 Å². The summed E-state index contributed by atoms with van der Waals surface area (Å²) in [5.74, 6) is 0.743. The molecule has 0 aliphatic heterocycles. The van der Waals surface area contributed by atoms with E-state index in [0.717, 1.165) is 4.88 Å². The van der Waals surface area contributed by atoms with Gasteiger partial charge < -0.3 is 4.52 Å². The van der Waals surface area contributed by atoms with Crippen LogP contribution in [0, 0.1) is 25.2 Å². The molecule has 0 spiro atoms. The lowest BCUT2D eigenvalue weighted by Gasteiger charge is -2.06. The van der Waals surface area contributed by atoms with Gasteiger partial charge in [-0.2, -0.15) is 15.3 Å². The largest absolute Gasteiger partial charge is 0.337 e. The lowest BCUT2D eigenvalue weighted by atomic mass is 10.1. The zero-order valence-electron chi connectivity index (χ0n) is 11.9. The maximum atomic E-state index is 12.2. The fourth-order valence-corrected chi connectivity index (χ4v) is 2.61. The van der Waals surface area contributed by atoms with Gasteiger partial charge in [0.1, 0.15) is 18.2 Å². The van der Waals surface area contributed by atoms with Gasteiger partial charge in [0.25, 0.3) is 5.56 Å². The van der Waals surface area contributed by atoms with Gasteiger partial charge in [0.2, 0.25) is 11.7 Å². The van der Waals surface area contributed by atoms with Gasteiger partial charge in [0.05, 0.1) is 10.6 Å². The molecule has 110 valence electrons. The summed E-state index contributed by atoms with van der Waals surface area (Å²) >= 11 is 1.50. The summed E-state index contributed by atoms with van der Waals surface area (Å²) in [7, 11) is 0. The van der Waals surface area contributed by atoms with E-state index in [1.165, 1.54) is 16.0 Å². The molecule has 0 atom stereocenters. The van der Waals surface area contributed by atoms with E-state index >= 15 is 0 Å². The molecule has 7 nitrogen and oxygen atoms in total. The fourth-order valence-electron chi connectivity index (χ4n) is 1.96. The molecule has 0 amide bonds. The van der Waals surface area contributed by atoms with Crippen molar-refractivity contribution in [2.75, 3.05) is 0 Å². The van der Waals surface area contributed by atoms with Gasteiger partial charge in [-0.15, -0.1) is 11.3 Å². The van der Waals surface area contributed by atoms with Crippen LogP contribution in [0.1, 0.15) is 22.7 Å². The smallest absolute Gasteiger partial charge is 0.285 e. The Morgan fingerprint density at radius 1 is 1.45 bits per heavy atom. The Balaban J connectivity index is 1.96. The van der Waals surface area contributed by atoms with E-state index in [2.05, 4.69) is 15.2 Å². The number of hydrogen-bond acceptors (Lipinski definition) is 7. The third kappa shape index (κ3) is 2.42. The van der Waals surface area contributed by atoms with Crippen molar-refractivity contribution < 1.29 is 4.52 Å². The lowest BCUT2D eigenvalue weighted by molar-refractivity contribution is 0.362. The van der Waals surface area contributed by atoms with Crippen LogP contribution in [-0.2, 0) is 6.54 Å². The molecule has 0 N–H and O–H groups in total. The molecule has 3 aromatic heterocycles. The predicted molar refractivity (Wildman–Crippen MR) is 79.4 cm³/mol. The van der Waals surface area contributed by atoms with E-state index in [4.69, 9.17) is 9.78 Å². The van der Waals surface area contributed by atoms with Crippen LogP contribution in [0.15, 0.2) is 26.8 Å². The van der Waals surface area contributed by atoms with Crippen molar-refractivity contribution >= 4 is 11.3 Å². The van der Waals surface area contributed by atoms with Crippen LogP contribution in [0.25, 0.3) is 10.7 Å². The van der Waals surface area contributed by atoms with E-state index in [-0.39, 0.29) is 18.0 Å². The van der Waals surface area contributed by atoms with Crippen molar-refractivity contribution in [3.63, 3.8) is 0 Å². The number of hydrogen-bond donors (Lipinski definition) is 0. The molecule has 8 heteroatoms. The van der Waals surface area contributed by atoms with Crippen LogP contribution in [0.4, 0.5) is 0 Å². The van der Waals surface area contributed by atoms with Crippen molar-refractivity contribution in [2.45, 2.75) is 20.4 Å². The number of nitrogens with zero attached hydrogens (tertiary/aromatic N) is 5. The molecule has 0 aliphatic carbocycles. The average molecular weight is 313 g/mol. The van der Waals surface area contributed by atoms with Gasteiger partial charge in [-0.25, -0.2) is 4.68 Å². The highest BCUT2D eigenvalue weighted by Crippen LogP contribution is 2.21. The van der Waals surface area contributed by atoms with E-state index < -0.39 is 5.56 Å². The number of nitriles is 1. The third-order valence-corrected chi connectivity index (χ3v) is 4.11. The molecule has 0 aliphatic rings. The number of rotatable bonds is 3. The minimum absolute atomic E-state index is 0.0347. The van der Waals surface area contributed by atoms with Crippen LogP contribution >= 0.6 is 11.3 Å². The molecule has 0 unspecified atom stereocenters. The van der Waals surface area contributed by atoms with Crippen molar-refractivity contribution in [1.82, 2.24) is 19.9 Å². The monoisotopic (exact) mass is 313 g/mol. The van der Waals surface area contributed by atoms with Gasteiger partial charge in [-0.3, -0.25) is 4.79 Å². The summed E-state index contributed by atoms with van der Waals surface area (Å²) in [6, 6.07) is 5.70. The first-order valence-electron chi connectivity index (χ1n) is 6.45. The van der Waals surface area contributed by atoms with Crippen molar-refractivity contribution in [1.29, 1.82) is 5.26 Å². The Kier molecular flexibility index (Phi) is 3.56. The second kappa shape index (κ2) is 5.54.